The molecule has 0 aromatic carbocycles. The number of ether oxygens (including phenoxy) is 1. The molecule has 0 saturated carbocycles. The molecule has 8 heteroatoms. The van der Waals surface area contributed by atoms with E-state index >= 15 is 0 Å². The van der Waals surface area contributed by atoms with Crippen LogP contribution in [0.15, 0.2) is 11.7 Å². The molecular weight excluding hydrogens is 333 g/mol. The SMILES string of the molecule is CCOC(=O)c1cnc(C=C(CS)B2OC(C)(C)C(C)(C)O2)s1. The number of hydrogen-bond donors (Lipinski definition) is 1. The summed E-state index contributed by atoms with van der Waals surface area (Å²) < 4.78 is 17.0. The molecule has 1 fully saturated rings. The van der Waals surface area contributed by atoms with Gasteiger partial charge in [-0.25, -0.2) is 9.78 Å². The lowest BCUT2D eigenvalue weighted by atomic mass is 9.79. The third-order valence-corrected chi connectivity index (χ3v) is 5.34. The van der Waals surface area contributed by atoms with E-state index in [1.807, 2.05) is 33.8 Å². The van der Waals surface area contributed by atoms with Crippen molar-refractivity contribution in [1.29, 1.82) is 0 Å². The Morgan fingerprint density at radius 2 is 2.00 bits per heavy atom. The molecule has 23 heavy (non-hydrogen) atoms. The molecule has 0 bridgehead atoms. The summed E-state index contributed by atoms with van der Waals surface area (Å²) in [6, 6.07) is 0. The highest BCUT2D eigenvalue weighted by molar-refractivity contribution is 7.80. The number of thiol groups is 1. The number of carbonyl (C=O) groups is 1. The molecule has 5 nitrogen and oxygen atoms in total. The molecule has 1 aromatic heterocycles. The van der Waals surface area contributed by atoms with Crippen LogP contribution in [0.3, 0.4) is 0 Å². The van der Waals surface area contributed by atoms with E-state index in [9.17, 15) is 4.79 Å². The lowest BCUT2D eigenvalue weighted by molar-refractivity contribution is 0.00578. The number of thiazole rings is 1. The molecule has 0 radical (unpaired) electrons. The minimum absolute atomic E-state index is 0.345. The van der Waals surface area contributed by atoms with Gasteiger partial charge in [-0.15, -0.1) is 11.3 Å². The highest BCUT2D eigenvalue weighted by Gasteiger charge is 2.52. The zero-order chi connectivity index (χ0) is 17.3. The van der Waals surface area contributed by atoms with Gasteiger partial charge in [-0.2, -0.15) is 12.6 Å². The smallest absolute Gasteiger partial charge is 0.462 e. The van der Waals surface area contributed by atoms with Crippen LogP contribution in [0.2, 0.25) is 0 Å². The lowest BCUT2D eigenvalue weighted by Gasteiger charge is -2.32. The minimum atomic E-state index is -0.465. The Balaban J connectivity index is 2.19. The third kappa shape index (κ3) is 3.99. The topological polar surface area (TPSA) is 57.7 Å². The van der Waals surface area contributed by atoms with E-state index in [0.29, 0.717) is 22.2 Å². The first kappa shape index (κ1) is 18.5. The largest absolute Gasteiger partial charge is 0.491 e. The summed E-state index contributed by atoms with van der Waals surface area (Å²) in [6.07, 6.45) is 3.39. The van der Waals surface area contributed by atoms with Gasteiger partial charge in [0, 0.05) is 5.75 Å². The van der Waals surface area contributed by atoms with Crippen molar-refractivity contribution in [2.75, 3.05) is 12.4 Å². The fraction of sp³-hybridized carbons (Fsp3) is 0.600. The highest BCUT2D eigenvalue weighted by atomic mass is 32.1. The van der Waals surface area contributed by atoms with E-state index in [1.54, 1.807) is 6.92 Å². The second-order valence-electron chi connectivity index (χ2n) is 6.25. The van der Waals surface area contributed by atoms with E-state index in [0.717, 1.165) is 5.47 Å². The lowest BCUT2D eigenvalue weighted by Crippen LogP contribution is -2.41. The summed E-state index contributed by atoms with van der Waals surface area (Å²) in [6.45, 7) is 10.1. The molecule has 0 amide bonds. The summed E-state index contributed by atoms with van der Waals surface area (Å²) in [7, 11) is -0.465. The van der Waals surface area contributed by atoms with Crippen molar-refractivity contribution in [3.05, 3.63) is 21.6 Å². The molecule has 0 N–H and O–H groups in total. The Kier molecular flexibility index (Phi) is 5.61. The van der Waals surface area contributed by atoms with Crippen molar-refractivity contribution < 1.29 is 18.8 Å². The van der Waals surface area contributed by atoms with Gasteiger partial charge in [-0.3, -0.25) is 0 Å². The van der Waals surface area contributed by atoms with Crippen molar-refractivity contribution in [1.82, 2.24) is 4.98 Å². The average Bonchev–Trinajstić information content (AvgIpc) is 2.99. The van der Waals surface area contributed by atoms with Crippen LogP contribution in [0, 0.1) is 0 Å². The van der Waals surface area contributed by atoms with Gasteiger partial charge >= 0.3 is 13.1 Å². The van der Waals surface area contributed by atoms with Crippen LogP contribution >= 0.6 is 24.0 Å². The van der Waals surface area contributed by atoms with Gasteiger partial charge in [-0.1, -0.05) is 0 Å². The third-order valence-electron chi connectivity index (χ3n) is 4.05. The fourth-order valence-electron chi connectivity index (χ4n) is 1.99. The molecule has 2 heterocycles. The Morgan fingerprint density at radius 1 is 1.39 bits per heavy atom. The number of esters is 1. The van der Waals surface area contributed by atoms with E-state index in [2.05, 4.69) is 17.6 Å². The van der Waals surface area contributed by atoms with Gasteiger partial charge in [0.1, 0.15) is 9.88 Å². The molecular formula is C15H22BNO4S2. The van der Waals surface area contributed by atoms with Gasteiger partial charge in [0.25, 0.3) is 0 Å². The standard InChI is InChI=1S/C15H22BNO4S2/c1-6-19-13(18)11-8-17-12(23-11)7-10(9-22)16-20-14(2,3)15(4,5)21-16/h7-8,22H,6,9H2,1-5H3. The summed E-state index contributed by atoms with van der Waals surface area (Å²) in [5.74, 6) is 0.123. The molecule has 1 aliphatic heterocycles. The summed E-state index contributed by atoms with van der Waals surface area (Å²) in [4.78, 5) is 16.4. The normalized spacial score (nSPS) is 19.9. The molecule has 0 spiro atoms. The Bertz CT molecular complexity index is 596. The van der Waals surface area contributed by atoms with Crippen LogP contribution < -0.4 is 0 Å². The molecule has 2 rings (SSSR count). The maximum absolute atomic E-state index is 11.7. The monoisotopic (exact) mass is 355 g/mol. The predicted molar refractivity (Wildman–Crippen MR) is 96.0 cm³/mol. The van der Waals surface area contributed by atoms with Gasteiger partial charge < -0.3 is 14.0 Å². The minimum Gasteiger partial charge on any atom is -0.462 e. The van der Waals surface area contributed by atoms with Crippen molar-refractivity contribution in [3.8, 4) is 0 Å². The number of rotatable bonds is 5. The molecule has 0 unspecified atom stereocenters. The van der Waals surface area contributed by atoms with Crippen molar-refractivity contribution in [2.24, 2.45) is 0 Å². The average molecular weight is 355 g/mol. The molecule has 1 aliphatic rings. The number of nitrogens with zero attached hydrogens (tertiary/aromatic N) is 1. The van der Waals surface area contributed by atoms with Gasteiger partial charge in [0.05, 0.1) is 24.0 Å². The van der Waals surface area contributed by atoms with Crippen molar-refractivity contribution in [2.45, 2.75) is 45.8 Å². The summed E-state index contributed by atoms with van der Waals surface area (Å²) in [5, 5.41) is 0.701. The fourth-order valence-corrected chi connectivity index (χ4v) is 3.02. The molecule has 0 aliphatic carbocycles. The Labute approximate surface area is 147 Å². The Morgan fingerprint density at radius 3 is 2.52 bits per heavy atom. The first-order chi connectivity index (χ1) is 10.7. The first-order valence-electron chi connectivity index (χ1n) is 7.50. The number of aromatic nitrogens is 1. The van der Waals surface area contributed by atoms with E-state index < -0.39 is 18.3 Å². The van der Waals surface area contributed by atoms with Crippen molar-refractivity contribution in [3.63, 3.8) is 0 Å². The van der Waals surface area contributed by atoms with Crippen molar-refractivity contribution >= 4 is 43.1 Å². The maximum atomic E-state index is 11.7. The summed E-state index contributed by atoms with van der Waals surface area (Å²) >= 11 is 5.65. The van der Waals surface area contributed by atoms with Gasteiger partial charge in [0.15, 0.2) is 0 Å². The number of carbonyl (C=O) groups excluding carboxylic acids is 1. The number of hydrogen-bond acceptors (Lipinski definition) is 7. The van der Waals surface area contributed by atoms with E-state index in [4.69, 9.17) is 14.0 Å². The molecule has 1 aromatic rings. The quantitative estimate of drug-likeness (QED) is 0.499. The zero-order valence-electron chi connectivity index (χ0n) is 14.1. The van der Waals surface area contributed by atoms with Gasteiger partial charge in [-0.05, 0) is 46.2 Å². The molecule has 126 valence electrons. The Hall–Kier alpha value is -0.825. The second-order valence-corrected chi connectivity index (χ2v) is 7.63. The summed E-state index contributed by atoms with van der Waals surface area (Å²) in [5.41, 5.74) is 0.0638. The van der Waals surface area contributed by atoms with Crippen LogP contribution in [-0.2, 0) is 14.0 Å². The second kappa shape index (κ2) is 6.97. The molecule has 1 saturated heterocycles. The first-order valence-corrected chi connectivity index (χ1v) is 8.95. The zero-order valence-corrected chi connectivity index (χ0v) is 15.8. The van der Waals surface area contributed by atoms with Crippen LogP contribution in [0.4, 0.5) is 0 Å². The highest BCUT2D eigenvalue weighted by Crippen LogP contribution is 2.39. The van der Waals surface area contributed by atoms with E-state index in [1.165, 1.54) is 17.5 Å². The van der Waals surface area contributed by atoms with Crippen LogP contribution in [0.5, 0.6) is 0 Å². The van der Waals surface area contributed by atoms with Crippen LogP contribution in [0.1, 0.15) is 49.3 Å². The van der Waals surface area contributed by atoms with Crippen LogP contribution in [0.25, 0.3) is 6.08 Å². The maximum Gasteiger partial charge on any atom is 0.491 e. The van der Waals surface area contributed by atoms with Crippen LogP contribution in [-0.4, -0.2) is 41.6 Å². The van der Waals surface area contributed by atoms with Gasteiger partial charge in [0.2, 0.25) is 0 Å². The molecule has 0 atom stereocenters. The predicted octanol–water partition coefficient (Wildman–Crippen LogP) is 3.26. The van der Waals surface area contributed by atoms with E-state index in [-0.39, 0.29) is 5.97 Å².